The van der Waals surface area contributed by atoms with Gasteiger partial charge >= 0.3 is 5.97 Å². The minimum Gasteiger partial charge on any atom is -0.462 e. The number of nitrogens with one attached hydrogen (secondary N) is 1. The summed E-state index contributed by atoms with van der Waals surface area (Å²) in [6.07, 6.45) is 1.45. The molecule has 0 saturated heterocycles. The van der Waals surface area contributed by atoms with Crippen LogP contribution < -0.4 is 5.32 Å². The Kier molecular flexibility index (Phi) is 5.57. The standard InChI is InChI=1S/C15H15Cl2N3O2/c1-3-22-15(21)12-8-18-9(2)20-14(12)19-7-10-4-5-11(16)6-13(10)17/h4-6,8H,3,7H2,1-2H3,(H,18,19,20). The van der Waals surface area contributed by atoms with Gasteiger partial charge in [-0.25, -0.2) is 14.8 Å². The highest BCUT2D eigenvalue weighted by molar-refractivity contribution is 6.35. The molecule has 0 spiro atoms. The van der Waals surface area contributed by atoms with Gasteiger partial charge in [0, 0.05) is 22.8 Å². The summed E-state index contributed by atoms with van der Waals surface area (Å²) < 4.78 is 5.00. The summed E-state index contributed by atoms with van der Waals surface area (Å²) >= 11 is 12.0. The van der Waals surface area contributed by atoms with Crippen LogP contribution in [0, 0.1) is 6.92 Å². The molecule has 1 aromatic heterocycles. The number of halogens is 2. The predicted molar refractivity (Wildman–Crippen MR) is 86.5 cm³/mol. The topological polar surface area (TPSA) is 64.1 Å². The molecule has 0 amide bonds. The molecule has 0 fully saturated rings. The fraction of sp³-hybridized carbons (Fsp3) is 0.267. The van der Waals surface area contributed by atoms with Crippen LogP contribution in [0.2, 0.25) is 10.0 Å². The summed E-state index contributed by atoms with van der Waals surface area (Å²) in [4.78, 5) is 20.2. The van der Waals surface area contributed by atoms with Gasteiger partial charge in [0.1, 0.15) is 17.2 Å². The number of anilines is 1. The van der Waals surface area contributed by atoms with Crippen molar-refractivity contribution >= 4 is 35.0 Å². The van der Waals surface area contributed by atoms with Crippen molar-refractivity contribution in [3.8, 4) is 0 Å². The molecule has 0 aliphatic carbocycles. The number of benzene rings is 1. The molecule has 1 N–H and O–H groups in total. The summed E-state index contributed by atoms with van der Waals surface area (Å²) in [5.41, 5.74) is 1.13. The van der Waals surface area contributed by atoms with Crippen molar-refractivity contribution in [3.63, 3.8) is 0 Å². The predicted octanol–water partition coefficient (Wildman–Crippen LogP) is 3.88. The lowest BCUT2D eigenvalue weighted by Crippen LogP contribution is -2.13. The second kappa shape index (κ2) is 7.42. The van der Waals surface area contributed by atoms with E-state index in [1.165, 1.54) is 6.20 Å². The molecule has 116 valence electrons. The first-order chi connectivity index (χ1) is 10.5. The number of hydrogen-bond donors (Lipinski definition) is 1. The van der Waals surface area contributed by atoms with Gasteiger partial charge in [-0.1, -0.05) is 29.3 Å². The lowest BCUT2D eigenvalue weighted by molar-refractivity contribution is 0.0526. The monoisotopic (exact) mass is 339 g/mol. The molecule has 0 saturated carbocycles. The van der Waals surface area contributed by atoms with Crippen molar-refractivity contribution in [1.29, 1.82) is 0 Å². The third kappa shape index (κ3) is 4.08. The van der Waals surface area contributed by atoms with Gasteiger partial charge in [0.05, 0.1) is 6.61 Å². The van der Waals surface area contributed by atoms with E-state index >= 15 is 0 Å². The lowest BCUT2D eigenvalue weighted by Gasteiger charge is -2.11. The molecule has 2 aromatic rings. The van der Waals surface area contributed by atoms with Crippen LogP contribution in [0.1, 0.15) is 28.7 Å². The molecule has 5 nitrogen and oxygen atoms in total. The van der Waals surface area contributed by atoms with E-state index in [1.807, 2.05) is 6.07 Å². The number of carbonyl (C=O) groups excluding carboxylic acids is 1. The van der Waals surface area contributed by atoms with Crippen molar-refractivity contribution in [1.82, 2.24) is 9.97 Å². The maximum Gasteiger partial charge on any atom is 0.343 e. The SMILES string of the molecule is CCOC(=O)c1cnc(C)nc1NCc1ccc(Cl)cc1Cl. The van der Waals surface area contributed by atoms with Crippen molar-refractivity contribution < 1.29 is 9.53 Å². The fourth-order valence-electron chi connectivity index (χ4n) is 1.81. The van der Waals surface area contributed by atoms with Crippen molar-refractivity contribution in [3.05, 3.63) is 51.4 Å². The highest BCUT2D eigenvalue weighted by Gasteiger charge is 2.15. The van der Waals surface area contributed by atoms with E-state index in [0.717, 1.165) is 5.56 Å². The molecule has 0 unspecified atom stereocenters. The molecule has 7 heteroatoms. The van der Waals surface area contributed by atoms with Gasteiger partial charge < -0.3 is 10.1 Å². The number of nitrogens with zero attached hydrogens (tertiary/aromatic N) is 2. The third-order valence-corrected chi connectivity index (χ3v) is 3.45. The highest BCUT2D eigenvalue weighted by atomic mass is 35.5. The first-order valence-corrected chi connectivity index (χ1v) is 7.45. The summed E-state index contributed by atoms with van der Waals surface area (Å²) in [7, 11) is 0. The van der Waals surface area contributed by atoms with Gasteiger partial charge in [-0.2, -0.15) is 0 Å². The normalized spacial score (nSPS) is 10.4. The Morgan fingerprint density at radius 2 is 2.14 bits per heavy atom. The van der Waals surface area contributed by atoms with E-state index in [4.69, 9.17) is 27.9 Å². The van der Waals surface area contributed by atoms with Gasteiger partial charge in [-0.05, 0) is 31.5 Å². The number of esters is 1. The Balaban J connectivity index is 2.21. The van der Waals surface area contributed by atoms with Gasteiger partial charge in [-0.3, -0.25) is 0 Å². The number of hydrogen-bond acceptors (Lipinski definition) is 5. The Morgan fingerprint density at radius 1 is 1.36 bits per heavy atom. The quantitative estimate of drug-likeness (QED) is 0.837. The lowest BCUT2D eigenvalue weighted by atomic mass is 10.2. The number of carbonyl (C=O) groups is 1. The summed E-state index contributed by atoms with van der Waals surface area (Å²) in [6, 6.07) is 5.23. The zero-order valence-electron chi connectivity index (χ0n) is 12.2. The largest absolute Gasteiger partial charge is 0.462 e. The van der Waals surface area contributed by atoms with Crippen LogP contribution in [0.25, 0.3) is 0 Å². The minimum atomic E-state index is -0.466. The smallest absolute Gasteiger partial charge is 0.343 e. The molecule has 0 aliphatic rings. The van der Waals surface area contributed by atoms with E-state index in [-0.39, 0.29) is 12.2 Å². The third-order valence-electron chi connectivity index (χ3n) is 2.87. The maximum absolute atomic E-state index is 11.9. The molecule has 0 atom stereocenters. The molecule has 1 aromatic carbocycles. The van der Waals surface area contributed by atoms with Crippen LogP contribution in [-0.2, 0) is 11.3 Å². The average Bonchev–Trinajstić information content (AvgIpc) is 2.46. The number of aryl methyl sites for hydroxylation is 1. The molecular weight excluding hydrogens is 325 g/mol. The van der Waals surface area contributed by atoms with Crippen LogP contribution in [0.4, 0.5) is 5.82 Å². The second-order valence-corrected chi connectivity index (χ2v) is 5.33. The Labute approximate surface area is 138 Å². The second-order valence-electron chi connectivity index (χ2n) is 4.49. The summed E-state index contributed by atoms with van der Waals surface area (Å²) in [5, 5.41) is 4.20. The van der Waals surface area contributed by atoms with Crippen molar-refractivity contribution in [2.75, 3.05) is 11.9 Å². The summed E-state index contributed by atoms with van der Waals surface area (Å²) in [6.45, 7) is 4.18. The average molecular weight is 340 g/mol. The van der Waals surface area contributed by atoms with E-state index < -0.39 is 5.97 Å². The van der Waals surface area contributed by atoms with Crippen molar-refractivity contribution in [2.45, 2.75) is 20.4 Å². The molecule has 0 bridgehead atoms. The van der Waals surface area contributed by atoms with E-state index in [1.54, 1.807) is 26.0 Å². The van der Waals surface area contributed by atoms with E-state index in [0.29, 0.717) is 28.2 Å². The Bertz CT molecular complexity index is 692. The maximum atomic E-state index is 11.9. The fourth-order valence-corrected chi connectivity index (χ4v) is 2.28. The van der Waals surface area contributed by atoms with E-state index in [2.05, 4.69) is 15.3 Å². The van der Waals surface area contributed by atoms with E-state index in [9.17, 15) is 4.79 Å². The zero-order valence-corrected chi connectivity index (χ0v) is 13.7. The van der Waals surface area contributed by atoms with Gasteiger partial charge in [0.15, 0.2) is 0 Å². The van der Waals surface area contributed by atoms with Gasteiger partial charge in [0.2, 0.25) is 0 Å². The molecule has 2 rings (SSSR count). The highest BCUT2D eigenvalue weighted by Crippen LogP contribution is 2.22. The molecule has 0 radical (unpaired) electrons. The van der Waals surface area contributed by atoms with Crippen molar-refractivity contribution in [2.24, 2.45) is 0 Å². The molecule has 0 aliphatic heterocycles. The van der Waals surface area contributed by atoms with Crippen LogP contribution >= 0.6 is 23.2 Å². The minimum absolute atomic E-state index is 0.287. The zero-order chi connectivity index (χ0) is 16.1. The number of rotatable bonds is 5. The van der Waals surface area contributed by atoms with Crippen LogP contribution in [0.5, 0.6) is 0 Å². The van der Waals surface area contributed by atoms with Crippen LogP contribution in [0.3, 0.4) is 0 Å². The number of aromatic nitrogens is 2. The first-order valence-electron chi connectivity index (χ1n) is 6.69. The van der Waals surface area contributed by atoms with Gasteiger partial charge in [-0.15, -0.1) is 0 Å². The van der Waals surface area contributed by atoms with Crippen LogP contribution in [0.15, 0.2) is 24.4 Å². The first kappa shape index (κ1) is 16.5. The number of ether oxygens (including phenoxy) is 1. The molecular formula is C15H15Cl2N3O2. The Hall–Kier alpha value is -1.85. The van der Waals surface area contributed by atoms with Crippen LogP contribution in [-0.4, -0.2) is 22.5 Å². The molecule has 1 heterocycles. The molecule has 22 heavy (non-hydrogen) atoms. The Morgan fingerprint density at radius 3 is 2.82 bits per heavy atom. The van der Waals surface area contributed by atoms with Gasteiger partial charge in [0.25, 0.3) is 0 Å². The summed E-state index contributed by atoms with van der Waals surface area (Å²) in [5.74, 6) is 0.502.